The van der Waals surface area contributed by atoms with Crippen molar-refractivity contribution >= 4 is 29.6 Å². The number of nitrogens with one attached hydrogen (secondary N) is 3. The predicted molar refractivity (Wildman–Crippen MR) is 121 cm³/mol. The molecule has 2 aromatic carbocycles. The van der Waals surface area contributed by atoms with Crippen LogP contribution in [0.15, 0.2) is 60.7 Å². The van der Waals surface area contributed by atoms with E-state index in [4.69, 9.17) is 0 Å². The number of imide groups is 1. The summed E-state index contributed by atoms with van der Waals surface area (Å²) in [6, 6.07) is 17.2. The third-order valence-corrected chi connectivity index (χ3v) is 5.83. The normalized spacial score (nSPS) is 21.0. The zero-order valence-electron chi connectivity index (χ0n) is 18.3. The first-order valence-corrected chi connectivity index (χ1v) is 10.7. The molecule has 6 amide bonds. The smallest absolute Gasteiger partial charge is 0.322 e. The monoisotopic (exact) mass is 450 g/mol. The lowest BCUT2D eigenvalue weighted by Gasteiger charge is -2.34. The average molecular weight is 450 g/mol. The summed E-state index contributed by atoms with van der Waals surface area (Å²) < 4.78 is 0. The Morgan fingerprint density at radius 1 is 0.939 bits per heavy atom. The zero-order chi connectivity index (χ0) is 23.4. The number of hydrogen-bond acceptors (Lipinski definition) is 5. The Morgan fingerprint density at radius 3 is 2.18 bits per heavy atom. The van der Waals surface area contributed by atoms with Crippen LogP contribution < -0.4 is 16.1 Å². The average Bonchev–Trinajstić information content (AvgIpc) is 3.04. The molecule has 0 saturated carbocycles. The maximum absolute atomic E-state index is 12.9. The number of carbonyl (C=O) groups excluding carboxylic acids is 4. The molecule has 0 aliphatic carbocycles. The Hall–Kier alpha value is -3.92. The molecule has 2 aliphatic rings. The second-order valence-corrected chi connectivity index (χ2v) is 8.16. The summed E-state index contributed by atoms with van der Waals surface area (Å²) in [4.78, 5) is 53.8. The van der Waals surface area contributed by atoms with E-state index in [9.17, 15) is 19.2 Å². The van der Waals surface area contributed by atoms with Gasteiger partial charge in [0.05, 0.1) is 6.54 Å². The van der Waals surface area contributed by atoms with Gasteiger partial charge in [-0.3, -0.25) is 19.9 Å². The Kier molecular flexibility index (Phi) is 6.27. The van der Waals surface area contributed by atoms with Gasteiger partial charge in [-0.15, -0.1) is 0 Å². The lowest BCUT2D eigenvalue weighted by atomic mass is 9.92. The molecule has 2 aliphatic heterocycles. The van der Waals surface area contributed by atoms with Gasteiger partial charge in [-0.2, -0.15) is 5.01 Å². The van der Waals surface area contributed by atoms with E-state index in [0.717, 1.165) is 10.7 Å². The molecule has 2 aromatic rings. The predicted octanol–water partition coefficient (Wildman–Crippen LogP) is 1.33. The van der Waals surface area contributed by atoms with E-state index in [0.29, 0.717) is 31.7 Å². The van der Waals surface area contributed by atoms with Crippen LogP contribution in [0.4, 0.5) is 15.3 Å². The van der Waals surface area contributed by atoms with Crippen LogP contribution in [0.5, 0.6) is 0 Å². The first-order chi connectivity index (χ1) is 15.9. The first-order valence-electron chi connectivity index (χ1n) is 10.7. The molecule has 1 atom stereocenters. The molecule has 10 heteroatoms. The molecule has 2 heterocycles. The van der Waals surface area contributed by atoms with Crippen molar-refractivity contribution in [2.45, 2.75) is 12.5 Å². The number of carbonyl (C=O) groups is 4. The Morgan fingerprint density at radius 2 is 1.55 bits per heavy atom. The molecular formula is C23H26N6O4. The SMILES string of the molecule is CC1(c2ccccc2)NC(=O)N(NC(=O)CN2CCN(C(=O)Nc3ccccc3)CC2)C1=O. The van der Waals surface area contributed by atoms with Crippen LogP contribution in [0.1, 0.15) is 12.5 Å². The molecule has 3 N–H and O–H groups in total. The van der Waals surface area contributed by atoms with E-state index in [1.807, 2.05) is 41.3 Å². The van der Waals surface area contributed by atoms with Gasteiger partial charge >= 0.3 is 12.1 Å². The minimum atomic E-state index is -1.25. The van der Waals surface area contributed by atoms with Gasteiger partial charge in [0.1, 0.15) is 5.54 Å². The topological polar surface area (TPSA) is 114 Å². The van der Waals surface area contributed by atoms with Gasteiger partial charge in [0, 0.05) is 31.9 Å². The summed E-state index contributed by atoms with van der Waals surface area (Å²) in [7, 11) is 0. The van der Waals surface area contributed by atoms with Gasteiger partial charge in [0.25, 0.3) is 11.8 Å². The highest BCUT2D eigenvalue weighted by atomic mass is 16.2. The number of piperazine rings is 1. The molecule has 2 saturated heterocycles. The number of amides is 6. The van der Waals surface area contributed by atoms with Crippen LogP contribution >= 0.6 is 0 Å². The summed E-state index contributed by atoms with van der Waals surface area (Å²) in [6.45, 7) is 3.53. The van der Waals surface area contributed by atoms with Crippen molar-refractivity contribution in [2.75, 3.05) is 38.0 Å². The summed E-state index contributed by atoms with van der Waals surface area (Å²) >= 11 is 0. The van der Waals surface area contributed by atoms with Crippen LogP contribution in [0.3, 0.4) is 0 Å². The number of hydrogen-bond donors (Lipinski definition) is 3. The highest BCUT2D eigenvalue weighted by molar-refractivity contribution is 6.08. The van der Waals surface area contributed by atoms with Crippen LogP contribution in [0, 0.1) is 0 Å². The van der Waals surface area contributed by atoms with E-state index >= 15 is 0 Å². The fourth-order valence-corrected chi connectivity index (χ4v) is 3.90. The van der Waals surface area contributed by atoms with Crippen LogP contribution in [0.2, 0.25) is 0 Å². The maximum atomic E-state index is 12.9. The lowest BCUT2D eigenvalue weighted by molar-refractivity contribution is -0.139. The van der Waals surface area contributed by atoms with Crippen molar-refractivity contribution in [3.63, 3.8) is 0 Å². The molecule has 10 nitrogen and oxygen atoms in total. The zero-order valence-corrected chi connectivity index (χ0v) is 18.3. The summed E-state index contributed by atoms with van der Waals surface area (Å²) in [5, 5.41) is 6.23. The fraction of sp³-hybridized carbons (Fsp3) is 0.304. The first kappa shape index (κ1) is 22.3. The van der Waals surface area contributed by atoms with E-state index in [-0.39, 0.29) is 12.6 Å². The number of anilines is 1. The second kappa shape index (κ2) is 9.29. The molecular weight excluding hydrogens is 424 g/mol. The van der Waals surface area contributed by atoms with Crippen molar-refractivity contribution in [1.82, 2.24) is 25.6 Å². The standard InChI is InChI=1S/C23H26N6O4/c1-23(17-8-4-2-5-9-17)20(31)29(22(33)25-23)26-19(30)16-27-12-14-28(15-13-27)21(32)24-18-10-6-3-7-11-18/h2-11H,12-16H2,1H3,(H,24,32)(H,25,33)(H,26,30). The minimum absolute atomic E-state index is 0.00720. The van der Waals surface area contributed by atoms with Crippen molar-refractivity contribution in [1.29, 1.82) is 0 Å². The second-order valence-electron chi connectivity index (χ2n) is 8.16. The molecule has 172 valence electrons. The minimum Gasteiger partial charge on any atom is -0.322 e. The number of benzene rings is 2. The number of rotatable bonds is 5. The quantitative estimate of drug-likeness (QED) is 0.595. The van der Waals surface area contributed by atoms with Crippen LogP contribution in [0.25, 0.3) is 0 Å². The summed E-state index contributed by atoms with van der Waals surface area (Å²) in [5.74, 6) is -1.02. The molecule has 0 aromatic heterocycles. The molecule has 0 radical (unpaired) electrons. The van der Waals surface area contributed by atoms with Gasteiger partial charge in [0.2, 0.25) is 0 Å². The molecule has 33 heavy (non-hydrogen) atoms. The Labute approximate surface area is 191 Å². The fourth-order valence-electron chi connectivity index (χ4n) is 3.90. The van der Waals surface area contributed by atoms with Crippen molar-refractivity contribution < 1.29 is 19.2 Å². The van der Waals surface area contributed by atoms with E-state index in [2.05, 4.69) is 16.1 Å². The Bertz CT molecular complexity index is 1040. The Balaban J connectivity index is 1.27. The third-order valence-electron chi connectivity index (χ3n) is 5.83. The highest BCUT2D eigenvalue weighted by Crippen LogP contribution is 2.27. The maximum Gasteiger partial charge on any atom is 0.344 e. The number of para-hydroxylation sites is 1. The van der Waals surface area contributed by atoms with Gasteiger partial charge in [-0.05, 0) is 24.6 Å². The summed E-state index contributed by atoms with van der Waals surface area (Å²) in [5.41, 5.74) is 2.52. The molecule has 0 spiro atoms. The molecule has 0 bridgehead atoms. The van der Waals surface area contributed by atoms with E-state index < -0.39 is 23.4 Å². The van der Waals surface area contributed by atoms with Gasteiger partial charge in [0.15, 0.2) is 0 Å². The largest absolute Gasteiger partial charge is 0.344 e. The number of hydrazine groups is 1. The summed E-state index contributed by atoms with van der Waals surface area (Å²) in [6.07, 6.45) is 0. The van der Waals surface area contributed by atoms with Gasteiger partial charge in [-0.25, -0.2) is 9.59 Å². The third kappa shape index (κ3) is 4.80. The van der Waals surface area contributed by atoms with Crippen molar-refractivity contribution in [3.8, 4) is 0 Å². The molecule has 4 rings (SSSR count). The van der Waals surface area contributed by atoms with Crippen molar-refractivity contribution in [2.24, 2.45) is 0 Å². The number of nitrogens with zero attached hydrogens (tertiary/aromatic N) is 3. The van der Waals surface area contributed by atoms with Crippen molar-refractivity contribution in [3.05, 3.63) is 66.2 Å². The molecule has 2 fully saturated rings. The van der Waals surface area contributed by atoms with Gasteiger partial charge < -0.3 is 15.5 Å². The lowest BCUT2D eigenvalue weighted by Crippen LogP contribution is -2.54. The van der Waals surface area contributed by atoms with Gasteiger partial charge in [-0.1, -0.05) is 48.5 Å². The van der Waals surface area contributed by atoms with Crippen LogP contribution in [-0.4, -0.2) is 71.4 Å². The molecule has 1 unspecified atom stereocenters. The number of urea groups is 2. The van der Waals surface area contributed by atoms with E-state index in [1.54, 1.807) is 36.1 Å². The van der Waals surface area contributed by atoms with E-state index in [1.165, 1.54) is 0 Å². The van der Waals surface area contributed by atoms with Crippen LogP contribution in [-0.2, 0) is 15.1 Å². The highest BCUT2D eigenvalue weighted by Gasteiger charge is 2.50.